The van der Waals surface area contributed by atoms with Gasteiger partial charge < -0.3 is 30.7 Å². The number of hydrogen-bond donors (Lipinski definition) is 4. The molecule has 0 fully saturated rings. The molecule has 0 bridgehead atoms. The lowest BCUT2D eigenvalue weighted by atomic mass is 10.2. The van der Waals surface area contributed by atoms with Crippen LogP contribution in [0.15, 0.2) is 48.8 Å². The number of anilines is 4. The van der Waals surface area contributed by atoms with E-state index in [1.165, 1.54) is 16.4 Å². The highest BCUT2D eigenvalue weighted by Crippen LogP contribution is 2.33. The summed E-state index contributed by atoms with van der Waals surface area (Å²) < 4.78 is 9.75. The van der Waals surface area contributed by atoms with Gasteiger partial charge in [0.2, 0.25) is 0 Å². The third-order valence-corrected chi connectivity index (χ3v) is 6.27. The number of aliphatic hydroxyl groups is 1. The molecule has 1 atom stereocenters. The van der Waals surface area contributed by atoms with Crippen molar-refractivity contribution in [2.75, 3.05) is 36.1 Å². The SMILES string of the molecule is Cc1nsc(Nc2cnc3ccccc3n2)c1C(O)Nc1ccc(NCCN(C)C(=O)OC(C)(C)C)nc1. The number of carbonyl (C=O) groups is 1. The van der Waals surface area contributed by atoms with Crippen molar-refractivity contribution in [3.63, 3.8) is 0 Å². The fourth-order valence-electron chi connectivity index (χ4n) is 3.52. The molecule has 1 aromatic carbocycles. The van der Waals surface area contributed by atoms with E-state index >= 15 is 0 Å². The summed E-state index contributed by atoms with van der Waals surface area (Å²) in [6, 6.07) is 11.2. The summed E-state index contributed by atoms with van der Waals surface area (Å²) >= 11 is 1.24. The molecule has 1 unspecified atom stereocenters. The maximum Gasteiger partial charge on any atom is 0.410 e. The number of aliphatic hydroxyl groups excluding tert-OH is 1. The molecule has 0 aliphatic heterocycles. The molecule has 3 aromatic heterocycles. The molecule has 200 valence electrons. The Kier molecular flexibility index (Phi) is 8.23. The van der Waals surface area contributed by atoms with E-state index in [4.69, 9.17) is 4.74 Å². The summed E-state index contributed by atoms with van der Waals surface area (Å²) in [7, 11) is 1.69. The van der Waals surface area contributed by atoms with Crippen LogP contribution in [0.25, 0.3) is 11.0 Å². The van der Waals surface area contributed by atoms with Gasteiger partial charge in [0.1, 0.15) is 22.2 Å². The number of likely N-dealkylation sites (N-methyl/N-ethyl adjacent to an activating group) is 1. The minimum Gasteiger partial charge on any atom is -0.444 e. The maximum atomic E-state index is 12.1. The number of amides is 1. The molecule has 38 heavy (non-hydrogen) atoms. The molecule has 4 N–H and O–H groups in total. The van der Waals surface area contributed by atoms with Gasteiger partial charge in [-0.3, -0.25) is 4.98 Å². The van der Waals surface area contributed by atoms with Gasteiger partial charge in [0.05, 0.1) is 40.4 Å². The second-order valence-electron chi connectivity index (χ2n) is 9.69. The molecule has 0 saturated heterocycles. The van der Waals surface area contributed by atoms with E-state index in [-0.39, 0.29) is 6.09 Å². The number of aryl methyl sites for hydroxylation is 1. The minimum absolute atomic E-state index is 0.375. The van der Waals surface area contributed by atoms with Crippen LogP contribution in [0.3, 0.4) is 0 Å². The number of benzene rings is 1. The third kappa shape index (κ3) is 7.05. The van der Waals surface area contributed by atoms with Crippen LogP contribution in [0.2, 0.25) is 0 Å². The fraction of sp³-hybridized carbons (Fsp3) is 0.346. The number of nitrogens with one attached hydrogen (secondary N) is 3. The Morgan fingerprint density at radius 3 is 2.58 bits per heavy atom. The van der Waals surface area contributed by atoms with Crippen molar-refractivity contribution in [1.82, 2.24) is 24.2 Å². The first-order valence-electron chi connectivity index (χ1n) is 12.1. The standard InChI is InChI=1S/C26H32N8O3S/c1-16-22(24(38-33-16)32-21-15-28-18-8-6-7-9-19(18)31-21)23(35)30-17-10-11-20(29-14-17)27-12-13-34(5)25(36)37-26(2,3)4/h6-11,14-15,23,30,35H,12-13H2,1-5H3,(H,27,29)(H,31,32). The number of fused-ring (bicyclic) bond motifs is 1. The van der Waals surface area contributed by atoms with Crippen molar-refractivity contribution in [2.24, 2.45) is 0 Å². The molecule has 3 heterocycles. The normalized spacial score (nSPS) is 12.2. The van der Waals surface area contributed by atoms with E-state index in [2.05, 4.69) is 35.3 Å². The molecule has 0 saturated carbocycles. The summed E-state index contributed by atoms with van der Waals surface area (Å²) in [6.07, 6.45) is 1.88. The second kappa shape index (κ2) is 11.6. The molecular weight excluding hydrogens is 504 g/mol. The molecule has 0 radical (unpaired) electrons. The highest BCUT2D eigenvalue weighted by atomic mass is 32.1. The van der Waals surface area contributed by atoms with Crippen LogP contribution < -0.4 is 16.0 Å². The monoisotopic (exact) mass is 536 g/mol. The van der Waals surface area contributed by atoms with E-state index in [1.54, 1.807) is 25.5 Å². The fourth-order valence-corrected chi connectivity index (χ4v) is 4.35. The average Bonchev–Trinajstić information content (AvgIpc) is 3.23. The lowest BCUT2D eigenvalue weighted by molar-refractivity contribution is 0.0305. The van der Waals surface area contributed by atoms with Crippen LogP contribution in [0.5, 0.6) is 0 Å². The Labute approximate surface area is 225 Å². The first kappa shape index (κ1) is 27.0. The van der Waals surface area contributed by atoms with Crippen molar-refractivity contribution in [2.45, 2.75) is 39.5 Å². The molecule has 4 aromatic rings. The molecule has 0 aliphatic carbocycles. The maximum absolute atomic E-state index is 12.1. The zero-order chi connectivity index (χ0) is 27.3. The number of ether oxygens (including phenoxy) is 1. The predicted octanol–water partition coefficient (Wildman–Crippen LogP) is 4.92. The highest BCUT2D eigenvalue weighted by molar-refractivity contribution is 7.10. The molecule has 1 amide bonds. The molecule has 11 nitrogen and oxygen atoms in total. The summed E-state index contributed by atoms with van der Waals surface area (Å²) in [5.74, 6) is 1.21. The van der Waals surface area contributed by atoms with Crippen LogP contribution in [-0.2, 0) is 4.74 Å². The van der Waals surface area contributed by atoms with Gasteiger partial charge in [-0.25, -0.2) is 14.8 Å². The van der Waals surface area contributed by atoms with E-state index < -0.39 is 11.8 Å². The lowest BCUT2D eigenvalue weighted by Gasteiger charge is -2.24. The first-order chi connectivity index (χ1) is 18.1. The van der Waals surface area contributed by atoms with E-state index in [9.17, 15) is 9.90 Å². The number of nitrogens with zero attached hydrogens (tertiary/aromatic N) is 5. The van der Waals surface area contributed by atoms with Crippen molar-refractivity contribution in [1.29, 1.82) is 0 Å². The van der Waals surface area contributed by atoms with Gasteiger partial charge in [0.15, 0.2) is 6.23 Å². The number of rotatable bonds is 9. The molecular formula is C26H32N8O3S. The van der Waals surface area contributed by atoms with Gasteiger partial charge in [0, 0.05) is 20.1 Å². The Bertz CT molecular complexity index is 1390. The Balaban J connectivity index is 1.33. The Hall–Kier alpha value is -4.03. The lowest BCUT2D eigenvalue weighted by Crippen LogP contribution is -2.36. The largest absolute Gasteiger partial charge is 0.444 e. The van der Waals surface area contributed by atoms with Gasteiger partial charge in [-0.15, -0.1) is 0 Å². The second-order valence-corrected chi connectivity index (χ2v) is 10.5. The van der Waals surface area contributed by atoms with Crippen molar-refractivity contribution in [3.8, 4) is 0 Å². The van der Waals surface area contributed by atoms with Crippen molar-refractivity contribution in [3.05, 3.63) is 60.0 Å². The number of pyridine rings is 1. The summed E-state index contributed by atoms with van der Waals surface area (Å²) in [5, 5.41) is 21.1. The van der Waals surface area contributed by atoms with Gasteiger partial charge in [0.25, 0.3) is 0 Å². The molecule has 4 rings (SSSR count). The van der Waals surface area contributed by atoms with E-state index in [0.29, 0.717) is 46.7 Å². The van der Waals surface area contributed by atoms with Gasteiger partial charge >= 0.3 is 6.09 Å². The first-order valence-corrected chi connectivity index (χ1v) is 12.9. The molecule has 12 heteroatoms. The van der Waals surface area contributed by atoms with Crippen LogP contribution in [0, 0.1) is 6.92 Å². The minimum atomic E-state index is -1.02. The summed E-state index contributed by atoms with van der Waals surface area (Å²) in [4.78, 5) is 27.0. The van der Waals surface area contributed by atoms with Gasteiger partial charge in [-0.1, -0.05) is 12.1 Å². The third-order valence-electron chi connectivity index (χ3n) is 5.40. The topological polar surface area (TPSA) is 137 Å². The average molecular weight is 537 g/mol. The van der Waals surface area contributed by atoms with E-state index in [1.807, 2.05) is 58.0 Å². The number of para-hydroxylation sites is 2. The van der Waals surface area contributed by atoms with Crippen LogP contribution in [-0.4, -0.2) is 61.2 Å². The Morgan fingerprint density at radius 1 is 1.11 bits per heavy atom. The van der Waals surface area contributed by atoms with E-state index in [0.717, 1.165) is 11.0 Å². The van der Waals surface area contributed by atoms with Crippen LogP contribution in [0.4, 0.5) is 27.1 Å². The number of hydrogen-bond acceptors (Lipinski definition) is 11. The predicted molar refractivity (Wildman–Crippen MR) is 150 cm³/mol. The van der Waals surface area contributed by atoms with Crippen LogP contribution >= 0.6 is 11.5 Å². The zero-order valence-electron chi connectivity index (χ0n) is 22.0. The quantitative estimate of drug-likeness (QED) is 0.218. The highest BCUT2D eigenvalue weighted by Gasteiger charge is 2.21. The summed E-state index contributed by atoms with van der Waals surface area (Å²) in [6.45, 7) is 8.30. The van der Waals surface area contributed by atoms with Crippen LogP contribution in [0.1, 0.15) is 38.3 Å². The summed E-state index contributed by atoms with van der Waals surface area (Å²) in [5.41, 5.74) is 3.00. The van der Waals surface area contributed by atoms with Crippen molar-refractivity contribution < 1.29 is 14.6 Å². The van der Waals surface area contributed by atoms with Gasteiger partial charge in [-0.05, 0) is 63.5 Å². The molecule has 0 aliphatic rings. The molecule has 0 spiro atoms. The zero-order valence-corrected chi connectivity index (χ0v) is 22.8. The number of aromatic nitrogens is 4. The van der Waals surface area contributed by atoms with Crippen molar-refractivity contribution >= 4 is 51.0 Å². The Morgan fingerprint density at radius 2 is 1.87 bits per heavy atom. The number of carbonyl (C=O) groups excluding carboxylic acids is 1. The van der Waals surface area contributed by atoms with Gasteiger partial charge in [-0.2, -0.15) is 4.37 Å². The smallest absolute Gasteiger partial charge is 0.410 e.